The standard InChI is InChI=1S/C6H14Br4Si2/c1-5(2)11(7,8)12(9,10)6(3)4/h5-6H,1-4H3. The second kappa shape index (κ2) is 4.92. The van der Waals surface area contributed by atoms with Crippen LogP contribution in [0.5, 0.6) is 0 Å². The molecule has 0 unspecified atom stereocenters. The summed E-state index contributed by atoms with van der Waals surface area (Å²) in [5, 5.41) is 0. The summed E-state index contributed by atoms with van der Waals surface area (Å²) in [4.78, 5) is -2.95. The normalized spacial score (nSPS) is 14.5. The van der Waals surface area contributed by atoms with Gasteiger partial charge in [-0.25, -0.2) is 0 Å². The molecule has 0 radical (unpaired) electrons. The molecule has 74 valence electrons. The Hall–Kier alpha value is 2.35. The topological polar surface area (TPSA) is 0 Å². The number of rotatable bonds is 3. The first-order valence-electron chi connectivity index (χ1n) is 3.89. The van der Waals surface area contributed by atoms with Gasteiger partial charge in [0.25, 0.3) is 0 Å². The summed E-state index contributed by atoms with van der Waals surface area (Å²) in [6.07, 6.45) is 0. The Balaban J connectivity index is 4.75. The predicted molar refractivity (Wildman–Crippen MR) is 77.4 cm³/mol. The Bertz CT molecular complexity index is 138. The summed E-state index contributed by atoms with van der Waals surface area (Å²) in [5.41, 5.74) is 1.37. The molecule has 0 bridgehead atoms. The largest absolute Gasteiger partial charge is 0.218 e. The van der Waals surface area contributed by atoms with E-state index in [1.165, 1.54) is 0 Å². The molecule has 0 nitrogen and oxygen atoms in total. The molecular weight excluding hydrogens is 448 g/mol. The fraction of sp³-hybridized carbons (Fsp3) is 1.00. The van der Waals surface area contributed by atoms with Crippen LogP contribution >= 0.6 is 61.2 Å². The van der Waals surface area contributed by atoms with Gasteiger partial charge in [0.15, 0.2) is 0 Å². The summed E-state index contributed by atoms with van der Waals surface area (Å²) in [6.45, 7) is 9.06. The highest BCUT2D eigenvalue weighted by Crippen LogP contribution is 2.52. The van der Waals surface area contributed by atoms with Crippen molar-refractivity contribution in [1.82, 2.24) is 0 Å². The van der Waals surface area contributed by atoms with Crippen molar-refractivity contribution in [2.75, 3.05) is 0 Å². The van der Waals surface area contributed by atoms with E-state index >= 15 is 0 Å². The Morgan fingerprint density at radius 2 is 0.833 bits per heavy atom. The lowest BCUT2D eigenvalue weighted by Crippen LogP contribution is -2.49. The lowest BCUT2D eigenvalue weighted by molar-refractivity contribution is 1.04. The SMILES string of the molecule is CC(C)[Si](Br)(Br)[Si](Br)(Br)C(C)C. The Kier molecular flexibility index (Phi) is 5.88. The zero-order valence-corrected chi connectivity index (χ0v) is 16.0. The minimum atomic E-state index is -1.47. The van der Waals surface area contributed by atoms with Crippen LogP contribution in [0.2, 0.25) is 11.1 Å². The summed E-state index contributed by atoms with van der Waals surface area (Å²) in [6, 6.07) is 0. The molecule has 0 aromatic rings. The minimum Gasteiger partial charge on any atom is -0.112 e. The molecule has 6 heteroatoms. The molecule has 0 amide bonds. The van der Waals surface area contributed by atoms with Gasteiger partial charge in [-0.2, -0.15) is 0 Å². The second-order valence-corrected chi connectivity index (χ2v) is 43.3. The molecule has 0 spiro atoms. The fourth-order valence-corrected chi connectivity index (χ4v) is 23.4. The van der Waals surface area contributed by atoms with E-state index < -0.39 is 9.66 Å². The molecule has 0 saturated carbocycles. The molecule has 0 aromatic carbocycles. The van der Waals surface area contributed by atoms with Gasteiger partial charge in [0.05, 0.1) is 0 Å². The van der Waals surface area contributed by atoms with Crippen molar-refractivity contribution in [3.8, 4) is 0 Å². The molecule has 0 aliphatic heterocycles. The summed E-state index contributed by atoms with van der Waals surface area (Å²) < 4.78 is 0. The van der Waals surface area contributed by atoms with Gasteiger partial charge in [0, 0.05) is 0 Å². The fourth-order valence-electron chi connectivity index (χ4n) is 0.770. The van der Waals surface area contributed by atoms with Gasteiger partial charge in [-0.05, 0) is 11.1 Å². The van der Waals surface area contributed by atoms with Crippen LogP contribution in [0.25, 0.3) is 0 Å². The van der Waals surface area contributed by atoms with Gasteiger partial charge < -0.3 is 0 Å². The molecular formula is C6H14Br4Si2. The van der Waals surface area contributed by atoms with Crippen LogP contribution in [0.3, 0.4) is 0 Å². The second-order valence-electron chi connectivity index (χ2n) is 3.56. The van der Waals surface area contributed by atoms with Crippen LogP contribution in [0.15, 0.2) is 0 Å². The van der Waals surface area contributed by atoms with Crippen LogP contribution in [0.4, 0.5) is 0 Å². The van der Waals surface area contributed by atoms with Crippen molar-refractivity contribution in [3.05, 3.63) is 0 Å². The van der Waals surface area contributed by atoms with E-state index in [1.807, 2.05) is 0 Å². The van der Waals surface area contributed by atoms with Gasteiger partial charge >= 0.3 is 0 Å². The molecule has 0 heterocycles. The molecule has 0 aliphatic carbocycles. The Morgan fingerprint density at radius 1 is 0.667 bits per heavy atom. The van der Waals surface area contributed by atoms with Crippen molar-refractivity contribution < 1.29 is 0 Å². The van der Waals surface area contributed by atoms with Gasteiger partial charge in [-0.3, -0.25) is 0 Å². The Labute approximate surface area is 108 Å². The average molecular weight is 462 g/mol. The van der Waals surface area contributed by atoms with Crippen molar-refractivity contribution in [3.63, 3.8) is 0 Å². The highest BCUT2D eigenvalue weighted by atomic mass is 79.9. The van der Waals surface area contributed by atoms with E-state index in [0.29, 0.717) is 11.1 Å². The third-order valence-electron chi connectivity index (χ3n) is 1.89. The lowest BCUT2D eigenvalue weighted by Gasteiger charge is -2.36. The van der Waals surface area contributed by atoms with Gasteiger partial charge in [0.2, 0.25) is 9.66 Å². The lowest BCUT2D eigenvalue weighted by atomic mass is 10.6. The molecule has 0 N–H and O–H groups in total. The molecule has 0 fully saturated rings. The number of hydrogen-bond acceptors (Lipinski definition) is 0. The molecule has 0 rings (SSSR count). The molecule has 12 heavy (non-hydrogen) atoms. The van der Waals surface area contributed by atoms with Crippen molar-refractivity contribution in [1.29, 1.82) is 0 Å². The molecule has 0 atom stereocenters. The Morgan fingerprint density at radius 3 is 0.917 bits per heavy atom. The van der Waals surface area contributed by atoms with Gasteiger partial charge in [-0.15, -0.1) is 61.2 Å². The summed E-state index contributed by atoms with van der Waals surface area (Å²) >= 11 is 15.6. The van der Waals surface area contributed by atoms with Crippen LogP contribution in [-0.4, -0.2) is 9.66 Å². The van der Waals surface area contributed by atoms with Crippen molar-refractivity contribution in [2.45, 2.75) is 38.8 Å². The van der Waals surface area contributed by atoms with E-state index in [-0.39, 0.29) is 0 Å². The van der Waals surface area contributed by atoms with Crippen LogP contribution < -0.4 is 0 Å². The first-order valence-corrected chi connectivity index (χ1v) is 18.1. The maximum absolute atomic E-state index is 3.89. The van der Waals surface area contributed by atoms with Crippen LogP contribution in [0, 0.1) is 0 Å². The maximum Gasteiger partial charge on any atom is 0.218 e. The highest BCUT2D eigenvalue weighted by Gasteiger charge is 2.54. The van der Waals surface area contributed by atoms with E-state index in [4.69, 9.17) is 0 Å². The van der Waals surface area contributed by atoms with Crippen LogP contribution in [-0.2, 0) is 0 Å². The quantitative estimate of drug-likeness (QED) is 0.392. The van der Waals surface area contributed by atoms with Crippen molar-refractivity contribution in [2.24, 2.45) is 0 Å². The number of hydrogen-bond donors (Lipinski definition) is 0. The number of halogens is 4. The first-order chi connectivity index (χ1) is 5.14. The molecule has 0 aromatic heterocycles. The monoisotopic (exact) mass is 458 g/mol. The zero-order chi connectivity index (χ0) is 10.2. The van der Waals surface area contributed by atoms with Crippen LogP contribution in [0.1, 0.15) is 27.7 Å². The third kappa shape index (κ3) is 2.92. The van der Waals surface area contributed by atoms with E-state index in [0.717, 1.165) is 0 Å². The summed E-state index contributed by atoms with van der Waals surface area (Å²) in [5.74, 6) is 0. The van der Waals surface area contributed by atoms with E-state index in [9.17, 15) is 0 Å². The minimum absolute atomic E-state index is 0.685. The van der Waals surface area contributed by atoms with Gasteiger partial charge in [0.1, 0.15) is 0 Å². The van der Waals surface area contributed by atoms with E-state index in [1.54, 1.807) is 0 Å². The predicted octanol–water partition coefficient (Wildman–Crippen LogP) is 5.35. The first kappa shape index (κ1) is 14.4. The molecule has 0 saturated heterocycles. The zero-order valence-electron chi connectivity index (χ0n) is 7.67. The highest BCUT2D eigenvalue weighted by molar-refractivity contribution is 9.66. The van der Waals surface area contributed by atoms with E-state index in [2.05, 4.69) is 88.9 Å². The van der Waals surface area contributed by atoms with Crippen molar-refractivity contribution >= 4 is 70.8 Å². The smallest absolute Gasteiger partial charge is 0.112 e. The average Bonchev–Trinajstić information content (AvgIpc) is 1.86. The maximum atomic E-state index is 3.89. The summed E-state index contributed by atoms with van der Waals surface area (Å²) in [7, 11) is 0. The third-order valence-corrected chi connectivity index (χ3v) is 64.5. The van der Waals surface area contributed by atoms with Gasteiger partial charge in [-0.1, -0.05) is 27.7 Å². The molecule has 0 aliphatic rings.